The Labute approximate surface area is 116 Å². The minimum absolute atomic E-state index is 0.0877. The summed E-state index contributed by atoms with van der Waals surface area (Å²) in [5.41, 5.74) is 0.353. The molecule has 7 heteroatoms. The van der Waals surface area contributed by atoms with Crippen molar-refractivity contribution in [3.63, 3.8) is 0 Å². The van der Waals surface area contributed by atoms with E-state index in [0.717, 1.165) is 12.8 Å². The molecule has 1 aromatic carbocycles. The lowest BCUT2D eigenvalue weighted by molar-refractivity contribution is -0.384. The molecule has 1 fully saturated rings. The lowest BCUT2D eigenvalue weighted by atomic mass is 10.1. The Morgan fingerprint density at radius 3 is 2.95 bits per heavy atom. The van der Waals surface area contributed by atoms with Gasteiger partial charge in [0.1, 0.15) is 5.69 Å². The molecule has 1 saturated heterocycles. The average molecular weight is 279 g/mol. The Morgan fingerprint density at radius 1 is 1.60 bits per heavy atom. The lowest BCUT2D eigenvalue weighted by Gasteiger charge is -2.24. The van der Waals surface area contributed by atoms with Crippen LogP contribution in [0, 0.1) is 10.1 Å². The van der Waals surface area contributed by atoms with Gasteiger partial charge in [0.2, 0.25) is 0 Å². The molecule has 0 radical (unpaired) electrons. The molecule has 108 valence electrons. The molecule has 2 rings (SSSR count). The molecule has 1 aliphatic rings. The number of nitro benzene ring substituents is 1. The maximum absolute atomic E-state index is 12.5. The Hall–Kier alpha value is -2.15. The first-order valence-electron chi connectivity index (χ1n) is 6.47. The summed E-state index contributed by atoms with van der Waals surface area (Å²) in [7, 11) is 1.55. The highest BCUT2D eigenvalue weighted by atomic mass is 16.6. The molecule has 0 saturated carbocycles. The Bertz CT molecular complexity index is 532. The van der Waals surface area contributed by atoms with E-state index in [1.807, 2.05) is 0 Å². The fourth-order valence-electron chi connectivity index (χ4n) is 2.58. The molecule has 0 bridgehead atoms. The molecule has 0 spiro atoms. The number of hydrogen-bond donors (Lipinski definition) is 2. The Morgan fingerprint density at radius 2 is 2.35 bits per heavy atom. The number of para-hydroxylation sites is 1. The van der Waals surface area contributed by atoms with Gasteiger partial charge >= 0.3 is 0 Å². The zero-order valence-electron chi connectivity index (χ0n) is 11.2. The first-order chi connectivity index (χ1) is 9.60. The molecule has 1 heterocycles. The molecule has 1 unspecified atom stereocenters. The van der Waals surface area contributed by atoms with Gasteiger partial charge in [-0.25, -0.2) is 0 Å². The second kappa shape index (κ2) is 5.87. The first-order valence-corrected chi connectivity index (χ1v) is 6.47. The number of rotatable bonds is 4. The van der Waals surface area contributed by atoms with Crippen molar-refractivity contribution < 1.29 is 14.8 Å². The van der Waals surface area contributed by atoms with Gasteiger partial charge in [-0.3, -0.25) is 14.9 Å². The summed E-state index contributed by atoms with van der Waals surface area (Å²) in [5.74, 6) is -0.283. The largest absolute Gasteiger partial charge is 0.394 e. The van der Waals surface area contributed by atoms with E-state index in [-0.39, 0.29) is 35.5 Å². The van der Waals surface area contributed by atoms with Crippen LogP contribution in [0.1, 0.15) is 23.2 Å². The minimum atomic E-state index is -0.518. The van der Waals surface area contributed by atoms with E-state index in [0.29, 0.717) is 6.54 Å². The number of benzene rings is 1. The highest BCUT2D eigenvalue weighted by molar-refractivity contribution is 6.01. The number of likely N-dealkylation sites (tertiary alicyclic amines) is 1. The van der Waals surface area contributed by atoms with E-state index in [2.05, 4.69) is 5.32 Å². The molecule has 0 aliphatic carbocycles. The summed E-state index contributed by atoms with van der Waals surface area (Å²) < 4.78 is 0. The van der Waals surface area contributed by atoms with Gasteiger partial charge in [-0.05, 0) is 18.9 Å². The van der Waals surface area contributed by atoms with Crippen LogP contribution in [0.5, 0.6) is 0 Å². The van der Waals surface area contributed by atoms with Crippen LogP contribution in [0.2, 0.25) is 0 Å². The molecular weight excluding hydrogens is 262 g/mol. The monoisotopic (exact) mass is 279 g/mol. The molecule has 0 aromatic heterocycles. The molecule has 1 atom stereocenters. The van der Waals surface area contributed by atoms with Crippen molar-refractivity contribution in [2.24, 2.45) is 0 Å². The van der Waals surface area contributed by atoms with E-state index in [9.17, 15) is 20.0 Å². The number of anilines is 1. The quantitative estimate of drug-likeness (QED) is 0.638. The van der Waals surface area contributed by atoms with Gasteiger partial charge in [-0.15, -0.1) is 0 Å². The van der Waals surface area contributed by atoms with Crippen molar-refractivity contribution in [1.82, 2.24) is 4.90 Å². The van der Waals surface area contributed by atoms with Crippen LogP contribution in [-0.4, -0.2) is 47.1 Å². The smallest absolute Gasteiger partial charge is 0.293 e. The Kier molecular flexibility index (Phi) is 4.19. The average Bonchev–Trinajstić information content (AvgIpc) is 2.93. The fraction of sp³-hybridized carbons (Fsp3) is 0.462. The van der Waals surface area contributed by atoms with Crippen molar-refractivity contribution in [1.29, 1.82) is 0 Å². The molecule has 1 amide bonds. The van der Waals surface area contributed by atoms with Gasteiger partial charge < -0.3 is 15.3 Å². The second-order valence-corrected chi connectivity index (χ2v) is 4.68. The van der Waals surface area contributed by atoms with Gasteiger partial charge in [0.05, 0.1) is 23.1 Å². The van der Waals surface area contributed by atoms with Crippen LogP contribution in [0.4, 0.5) is 11.4 Å². The fourth-order valence-corrected chi connectivity index (χ4v) is 2.58. The third-order valence-corrected chi connectivity index (χ3v) is 3.57. The van der Waals surface area contributed by atoms with Gasteiger partial charge in [0.25, 0.3) is 11.6 Å². The topological polar surface area (TPSA) is 95.7 Å². The van der Waals surface area contributed by atoms with Gasteiger partial charge in [-0.2, -0.15) is 0 Å². The van der Waals surface area contributed by atoms with E-state index < -0.39 is 4.92 Å². The van der Waals surface area contributed by atoms with Crippen LogP contribution < -0.4 is 5.32 Å². The van der Waals surface area contributed by atoms with E-state index in [1.165, 1.54) is 12.1 Å². The van der Waals surface area contributed by atoms with E-state index in [1.54, 1.807) is 18.0 Å². The zero-order chi connectivity index (χ0) is 14.7. The van der Waals surface area contributed by atoms with Crippen molar-refractivity contribution >= 4 is 17.3 Å². The number of amides is 1. The standard InChI is InChI=1S/C13H17N3O4/c1-14-12-10(5-2-6-11(12)16(19)20)13(18)15-7-3-4-9(15)8-17/h2,5-6,9,14,17H,3-4,7-8H2,1H3. The third-order valence-electron chi connectivity index (χ3n) is 3.57. The van der Waals surface area contributed by atoms with Crippen LogP contribution in [0.3, 0.4) is 0 Å². The van der Waals surface area contributed by atoms with Crippen molar-refractivity contribution in [3.8, 4) is 0 Å². The highest BCUT2D eigenvalue weighted by Crippen LogP contribution is 2.30. The Balaban J connectivity index is 2.39. The second-order valence-electron chi connectivity index (χ2n) is 4.68. The summed E-state index contributed by atoms with van der Waals surface area (Å²) in [6.07, 6.45) is 1.59. The predicted molar refractivity (Wildman–Crippen MR) is 73.8 cm³/mol. The van der Waals surface area contributed by atoms with E-state index >= 15 is 0 Å². The number of nitro groups is 1. The number of carbonyl (C=O) groups is 1. The van der Waals surface area contributed by atoms with Crippen LogP contribution >= 0.6 is 0 Å². The molecule has 20 heavy (non-hydrogen) atoms. The van der Waals surface area contributed by atoms with Gasteiger partial charge in [0, 0.05) is 19.7 Å². The number of nitrogens with one attached hydrogen (secondary N) is 1. The summed E-state index contributed by atoms with van der Waals surface area (Å²) >= 11 is 0. The van der Waals surface area contributed by atoms with Crippen LogP contribution in [0.25, 0.3) is 0 Å². The van der Waals surface area contributed by atoms with Crippen LogP contribution in [-0.2, 0) is 0 Å². The maximum Gasteiger partial charge on any atom is 0.293 e. The molecule has 1 aromatic rings. The summed E-state index contributed by atoms with van der Waals surface area (Å²) in [6, 6.07) is 4.21. The third kappa shape index (κ3) is 2.44. The SMILES string of the molecule is CNc1c(C(=O)N2CCCC2CO)cccc1[N+](=O)[O-]. The molecule has 7 nitrogen and oxygen atoms in total. The van der Waals surface area contributed by atoms with Crippen molar-refractivity contribution in [2.45, 2.75) is 18.9 Å². The minimum Gasteiger partial charge on any atom is -0.394 e. The molecule has 2 N–H and O–H groups in total. The number of carbonyl (C=O) groups excluding carboxylic acids is 1. The first kappa shape index (κ1) is 14.3. The predicted octanol–water partition coefficient (Wildman–Crippen LogP) is 1.23. The zero-order valence-corrected chi connectivity index (χ0v) is 11.2. The van der Waals surface area contributed by atoms with Gasteiger partial charge in [-0.1, -0.05) is 6.07 Å². The summed E-state index contributed by atoms with van der Waals surface area (Å²) in [4.78, 5) is 24.6. The maximum atomic E-state index is 12.5. The molecular formula is C13H17N3O4. The number of nitrogens with zero attached hydrogens (tertiary/aromatic N) is 2. The normalized spacial score (nSPS) is 18.1. The van der Waals surface area contributed by atoms with Gasteiger partial charge in [0.15, 0.2) is 0 Å². The molecule has 1 aliphatic heterocycles. The van der Waals surface area contributed by atoms with E-state index in [4.69, 9.17) is 0 Å². The summed E-state index contributed by atoms with van der Waals surface area (Å²) in [5, 5.41) is 23.0. The van der Waals surface area contributed by atoms with Crippen LogP contribution in [0.15, 0.2) is 18.2 Å². The number of aliphatic hydroxyl groups is 1. The highest BCUT2D eigenvalue weighted by Gasteiger charge is 2.31. The number of aliphatic hydroxyl groups excluding tert-OH is 1. The van der Waals surface area contributed by atoms with Crippen molar-refractivity contribution in [2.75, 3.05) is 25.5 Å². The number of hydrogen-bond acceptors (Lipinski definition) is 5. The van der Waals surface area contributed by atoms with Crippen molar-refractivity contribution in [3.05, 3.63) is 33.9 Å². The lowest BCUT2D eigenvalue weighted by Crippen LogP contribution is -2.37. The summed E-state index contributed by atoms with van der Waals surface area (Å²) in [6.45, 7) is 0.478.